The first kappa shape index (κ1) is 22.7. The van der Waals surface area contributed by atoms with Gasteiger partial charge in [-0.1, -0.05) is 97.1 Å². The molecule has 2 heterocycles. The minimum Gasteiger partial charge on any atom is -0.310 e. The summed E-state index contributed by atoms with van der Waals surface area (Å²) >= 11 is 0. The van der Waals surface area contributed by atoms with Crippen LogP contribution in [0, 0.1) is 0 Å². The third-order valence-corrected chi connectivity index (χ3v) is 8.48. The molecule has 4 nitrogen and oxygen atoms in total. The summed E-state index contributed by atoms with van der Waals surface area (Å²) in [6, 6.07) is 37.2. The topological polar surface area (TPSA) is 40.6 Å². The van der Waals surface area contributed by atoms with Gasteiger partial charge in [0.2, 0.25) is 0 Å². The van der Waals surface area contributed by atoms with Crippen LogP contribution >= 0.6 is 0 Å². The number of rotatable bonds is 2. The summed E-state index contributed by atoms with van der Waals surface area (Å²) in [7, 11) is 3.56. The molecule has 2 aliphatic rings. The number of hydrogen-bond acceptors (Lipinski definition) is 2. The minimum absolute atomic E-state index is 0.160. The van der Waals surface area contributed by atoms with Crippen molar-refractivity contribution < 1.29 is 9.59 Å². The van der Waals surface area contributed by atoms with Crippen LogP contribution < -0.4 is 0 Å². The second-order valence-corrected chi connectivity index (χ2v) is 10.6. The van der Waals surface area contributed by atoms with E-state index in [1.807, 2.05) is 48.5 Å². The molecule has 2 amide bonds. The molecule has 0 atom stereocenters. The molecule has 0 unspecified atom stereocenters. The van der Waals surface area contributed by atoms with Crippen molar-refractivity contribution in [1.82, 2.24) is 9.80 Å². The van der Waals surface area contributed by atoms with Crippen LogP contribution in [0.25, 0.3) is 54.5 Å². The molecule has 0 aromatic heterocycles. The highest BCUT2D eigenvalue weighted by Crippen LogP contribution is 2.48. The largest absolute Gasteiger partial charge is 0.310 e. The molecule has 0 spiro atoms. The van der Waals surface area contributed by atoms with Crippen LogP contribution in [0.1, 0.15) is 11.1 Å². The SMILES string of the molecule is CN1C(=O)C2=C(c3cc4ccccc4c4ccccc34)N(C)C(=O)C2=C1c1cc2ccccc2c2ccccc12. The molecule has 0 saturated carbocycles. The van der Waals surface area contributed by atoms with Gasteiger partial charge < -0.3 is 9.80 Å². The summed E-state index contributed by atoms with van der Waals surface area (Å²) in [4.78, 5) is 31.5. The molecule has 190 valence electrons. The van der Waals surface area contributed by atoms with Gasteiger partial charge in [0.05, 0.1) is 22.5 Å². The first-order chi connectivity index (χ1) is 19.5. The highest BCUT2D eigenvalue weighted by Gasteiger charge is 2.47. The Morgan fingerprint density at radius 2 is 0.750 bits per heavy atom. The third-order valence-electron chi connectivity index (χ3n) is 8.48. The van der Waals surface area contributed by atoms with E-state index in [4.69, 9.17) is 0 Å². The lowest BCUT2D eigenvalue weighted by Crippen LogP contribution is -2.25. The first-order valence-corrected chi connectivity index (χ1v) is 13.4. The van der Waals surface area contributed by atoms with Crippen LogP contribution in [0.4, 0.5) is 0 Å². The minimum atomic E-state index is -0.160. The van der Waals surface area contributed by atoms with E-state index in [0.717, 1.165) is 54.2 Å². The summed E-state index contributed by atoms with van der Waals surface area (Å²) in [5.74, 6) is -0.320. The zero-order chi connectivity index (χ0) is 27.1. The number of carbonyl (C=O) groups excluding carboxylic acids is 2. The number of likely N-dealkylation sites (N-methyl/N-ethyl adjacent to an activating group) is 2. The predicted octanol–water partition coefficient (Wildman–Crippen LogP) is 7.37. The van der Waals surface area contributed by atoms with Gasteiger partial charge in [-0.15, -0.1) is 0 Å². The number of nitrogens with zero attached hydrogens (tertiary/aromatic N) is 2. The van der Waals surface area contributed by atoms with Crippen LogP contribution in [0.5, 0.6) is 0 Å². The van der Waals surface area contributed by atoms with Gasteiger partial charge >= 0.3 is 0 Å². The third kappa shape index (κ3) is 2.90. The normalized spacial score (nSPS) is 15.6. The smallest absolute Gasteiger partial charge is 0.261 e. The van der Waals surface area contributed by atoms with Crippen LogP contribution in [0.2, 0.25) is 0 Å². The Morgan fingerprint density at radius 3 is 1.15 bits per heavy atom. The second kappa shape index (κ2) is 8.14. The molecular formula is C36H24N2O2. The van der Waals surface area contributed by atoms with Gasteiger partial charge in [0.15, 0.2) is 0 Å². The van der Waals surface area contributed by atoms with Crippen LogP contribution in [0.3, 0.4) is 0 Å². The van der Waals surface area contributed by atoms with E-state index >= 15 is 0 Å². The summed E-state index contributed by atoms with van der Waals surface area (Å²) in [5, 5.41) is 8.67. The fraction of sp³-hybridized carbons (Fsp3) is 0.0556. The van der Waals surface area contributed by atoms with E-state index < -0.39 is 0 Å². The lowest BCUT2D eigenvalue weighted by atomic mass is 9.92. The van der Waals surface area contributed by atoms with Gasteiger partial charge in [-0.2, -0.15) is 0 Å². The van der Waals surface area contributed by atoms with Gasteiger partial charge in [-0.3, -0.25) is 9.59 Å². The van der Waals surface area contributed by atoms with Crippen molar-refractivity contribution in [3.8, 4) is 0 Å². The van der Waals surface area contributed by atoms with E-state index in [2.05, 4.69) is 60.7 Å². The fourth-order valence-electron chi connectivity index (χ4n) is 6.66. The molecule has 0 bridgehead atoms. The van der Waals surface area contributed by atoms with E-state index in [9.17, 15) is 9.59 Å². The molecular weight excluding hydrogens is 492 g/mol. The Balaban J connectivity index is 1.48. The van der Waals surface area contributed by atoms with E-state index in [0.29, 0.717) is 22.5 Å². The molecule has 6 aromatic carbocycles. The monoisotopic (exact) mass is 516 g/mol. The molecule has 8 rings (SSSR count). The van der Waals surface area contributed by atoms with Gasteiger partial charge in [-0.25, -0.2) is 0 Å². The second-order valence-electron chi connectivity index (χ2n) is 10.6. The quantitative estimate of drug-likeness (QED) is 0.226. The van der Waals surface area contributed by atoms with Gasteiger partial charge in [-0.05, 0) is 55.2 Å². The molecule has 0 radical (unpaired) electrons. The number of hydrogen-bond donors (Lipinski definition) is 0. The predicted molar refractivity (Wildman–Crippen MR) is 162 cm³/mol. The Labute approximate surface area is 231 Å². The van der Waals surface area contributed by atoms with Crippen molar-refractivity contribution in [2.24, 2.45) is 0 Å². The number of carbonyl (C=O) groups is 2. The van der Waals surface area contributed by atoms with Crippen LogP contribution in [0.15, 0.2) is 120 Å². The molecule has 4 heteroatoms. The Morgan fingerprint density at radius 1 is 0.425 bits per heavy atom. The highest BCUT2D eigenvalue weighted by atomic mass is 16.2. The van der Waals surface area contributed by atoms with Gasteiger partial charge in [0, 0.05) is 25.2 Å². The molecule has 0 N–H and O–H groups in total. The average Bonchev–Trinajstić information content (AvgIpc) is 3.40. The number of amides is 2. The van der Waals surface area contributed by atoms with Crippen molar-refractivity contribution >= 4 is 66.3 Å². The zero-order valence-electron chi connectivity index (χ0n) is 22.1. The maximum absolute atomic E-state index is 14.1. The van der Waals surface area contributed by atoms with Gasteiger partial charge in [0.1, 0.15) is 0 Å². The number of fused-ring (bicyclic) bond motifs is 7. The maximum Gasteiger partial charge on any atom is 0.261 e. The van der Waals surface area contributed by atoms with Crippen molar-refractivity contribution in [2.45, 2.75) is 0 Å². The van der Waals surface area contributed by atoms with E-state index in [1.165, 1.54) is 0 Å². The maximum atomic E-state index is 14.1. The van der Waals surface area contributed by atoms with Crippen molar-refractivity contribution in [3.05, 3.63) is 131 Å². The highest BCUT2D eigenvalue weighted by molar-refractivity contribution is 6.32. The van der Waals surface area contributed by atoms with Crippen molar-refractivity contribution in [2.75, 3.05) is 14.1 Å². The summed E-state index contributed by atoms with van der Waals surface area (Å²) in [5.41, 5.74) is 4.06. The van der Waals surface area contributed by atoms with Crippen LogP contribution in [-0.2, 0) is 9.59 Å². The average molecular weight is 517 g/mol. The lowest BCUT2D eigenvalue weighted by molar-refractivity contribution is -0.123. The lowest BCUT2D eigenvalue weighted by Gasteiger charge is -2.22. The van der Waals surface area contributed by atoms with Crippen molar-refractivity contribution in [1.29, 1.82) is 0 Å². The fourth-order valence-corrected chi connectivity index (χ4v) is 6.66. The van der Waals surface area contributed by atoms with E-state index in [1.54, 1.807) is 23.9 Å². The standard InChI is InChI=1S/C36H24N2O2/c1-37-33(29-19-21-11-3-5-13-23(21)25-15-7-9-17-27(25)29)31-32(35(37)39)34(38(2)36(31)40)30-20-22-12-4-6-14-24(22)26-16-8-10-18-28(26)30/h3-20H,1-2H3. The first-order valence-electron chi connectivity index (χ1n) is 13.4. The van der Waals surface area contributed by atoms with Crippen LogP contribution in [-0.4, -0.2) is 35.7 Å². The van der Waals surface area contributed by atoms with E-state index in [-0.39, 0.29) is 11.8 Å². The molecule has 40 heavy (non-hydrogen) atoms. The van der Waals surface area contributed by atoms with Gasteiger partial charge in [0.25, 0.3) is 11.8 Å². The zero-order valence-corrected chi connectivity index (χ0v) is 22.1. The molecule has 0 saturated heterocycles. The molecule has 2 aliphatic heterocycles. The number of benzene rings is 6. The Bertz CT molecular complexity index is 2030. The molecule has 0 aliphatic carbocycles. The summed E-state index contributed by atoms with van der Waals surface area (Å²) < 4.78 is 0. The van der Waals surface area contributed by atoms with Crippen molar-refractivity contribution in [3.63, 3.8) is 0 Å². The summed E-state index contributed by atoms with van der Waals surface area (Å²) in [6.45, 7) is 0. The molecule has 6 aromatic rings. The Kier molecular flexibility index (Phi) is 4.63. The molecule has 0 fully saturated rings. The Hall–Kier alpha value is -5.22. The summed E-state index contributed by atoms with van der Waals surface area (Å²) in [6.07, 6.45) is 0.